The molecule has 0 heterocycles. The number of aliphatic hydroxyl groups is 2. The van der Waals surface area contributed by atoms with E-state index in [0.717, 1.165) is 44.9 Å². The predicted molar refractivity (Wildman–Crippen MR) is 99.5 cm³/mol. The molecule has 0 saturated heterocycles. The molecule has 4 saturated carbocycles. The molecule has 9 atom stereocenters. The Bertz CT molecular complexity index is 562. The Balaban J connectivity index is 1.57. The monoisotopic (exact) mass is 364 g/mol. The van der Waals surface area contributed by atoms with Crippen LogP contribution in [0.1, 0.15) is 78.1 Å². The smallest absolute Gasteiger partial charge is 0.303 e. The number of hydrogen-bond acceptors (Lipinski definition) is 3. The molecule has 26 heavy (non-hydrogen) atoms. The number of aliphatic carboxylic acids is 1. The SMILES string of the molecule is C[C@@]12CCC3C(C1CCC2CCC(=O)O)[C@@H](O)CC1C[C@@H](O)CC[C@]13C. The molecule has 0 spiro atoms. The number of carboxylic acids is 1. The zero-order valence-electron chi connectivity index (χ0n) is 16.4. The lowest BCUT2D eigenvalue weighted by Crippen LogP contribution is -2.58. The van der Waals surface area contributed by atoms with Crippen molar-refractivity contribution in [1.29, 1.82) is 0 Å². The fourth-order valence-corrected chi connectivity index (χ4v) is 8.08. The summed E-state index contributed by atoms with van der Waals surface area (Å²) in [7, 11) is 0. The van der Waals surface area contributed by atoms with Gasteiger partial charge in [0, 0.05) is 6.42 Å². The summed E-state index contributed by atoms with van der Waals surface area (Å²) in [6.45, 7) is 4.83. The van der Waals surface area contributed by atoms with E-state index in [0.29, 0.717) is 29.6 Å². The summed E-state index contributed by atoms with van der Waals surface area (Å²) >= 11 is 0. The average molecular weight is 365 g/mol. The van der Waals surface area contributed by atoms with Crippen molar-refractivity contribution in [2.75, 3.05) is 0 Å². The molecule has 0 aromatic heterocycles. The highest BCUT2D eigenvalue weighted by Gasteiger charge is 2.62. The van der Waals surface area contributed by atoms with Gasteiger partial charge >= 0.3 is 5.97 Å². The Hall–Kier alpha value is -0.610. The predicted octanol–water partition coefficient (Wildman–Crippen LogP) is 3.84. The Morgan fingerprint density at radius 2 is 1.65 bits per heavy atom. The first-order valence-electron chi connectivity index (χ1n) is 10.8. The minimum Gasteiger partial charge on any atom is -0.481 e. The van der Waals surface area contributed by atoms with Crippen molar-refractivity contribution >= 4 is 5.97 Å². The van der Waals surface area contributed by atoms with Crippen LogP contribution in [0.2, 0.25) is 0 Å². The van der Waals surface area contributed by atoms with Crippen LogP contribution in [-0.2, 0) is 4.79 Å². The Labute approximate surface area is 157 Å². The standard InChI is InChI=1S/C22H36O4/c1-21-10-8-17-20(16(21)5-3-13(21)4-6-19(25)26)18(24)12-14-11-15(23)7-9-22(14,17)2/h13-18,20,23-24H,3-12H2,1-2H3,(H,25,26)/t13?,14?,15-,16?,17?,18-,20?,21-,22+/m0/s1. The third-order valence-electron chi connectivity index (χ3n) is 9.56. The Morgan fingerprint density at radius 1 is 0.962 bits per heavy atom. The number of rotatable bonds is 3. The van der Waals surface area contributed by atoms with Crippen LogP contribution in [-0.4, -0.2) is 33.5 Å². The van der Waals surface area contributed by atoms with E-state index >= 15 is 0 Å². The van der Waals surface area contributed by atoms with E-state index < -0.39 is 5.97 Å². The molecule has 0 aromatic carbocycles. The molecule has 4 fully saturated rings. The van der Waals surface area contributed by atoms with Crippen molar-refractivity contribution in [3.8, 4) is 0 Å². The first kappa shape index (κ1) is 18.7. The van der Waals surface area contributed by atoms with Crippen LogP contribution >= 0.6 is 0 Å². The molecule has 0 aliphatic heterocycles. The Kier molecular flexibility index (Phi) is 4.67. The van der Waals surface area contributed by atoms with Gasteiger partial charge in [-0.05, 0) is 98.2 Å². The number of aliphatic hydroxyl groups excluding tert-OH is 2. The molecule has 4 aliphatic rings. The van der Waals surface area contributed by atoms with E-state index in [1.807, 2.05) is 0 Å². The van der Waals surface area contributed by atoms with Crippen molar-refractivity contribution in [2.45, 2.75) is 90.3 Å². The summed E-state index contributed by atoms with van der Waals surface area (Å²) in [6.07, 6.45) is 9.00. The van der Waals surface area contributed by atoms with Gasteiger partial charge in [-0.1, -0.05) is 13.8 Å². The van der Waals surface area contributed by atoms with E-state index in [1.165, 1.54) is 12.8 Å². The lowest BCUT2D eigenvalue weighted by atomic mass is 9.44. The third-order valence-corrected chi connectivity index (χ3v) is 9.56. The minimum atomic E-state index is -0.681. The second kappa shape index (κ2) is 6.48. The highest BCUT2D eigenvalue weighted by Crippen LogP contribution is 2.67. The maximum Gasteiger partial charge on any atom is 0.303 e. The molecular weight excluding hydrogens is 328 g/mol. The molecular formula is C22H36O4. The summed E-state index contributed by atoms with van der Waals surface area (Å²) < 4.78 is 0. The van der Waals surface area contributed by atoms with Gasteiger partial charge in [0.2, 0.25) is 0 Å². The van der Waals surface area contributed by atoms with Crippen LogP contribution in [0, 0.1) is 40.4 Å². The van der Waals surface area contributed by atoms with Gasteiger partial charge < -0.3 is 15.3 Å². The molecule has 5 unspecified atom stereocenters. The first-order valence-corrected chi connectivity index (χ1v) is 10.8. The number of hydrogen-bond donors (Lipinski definition) is 3. The zero-order valence-corrected chi connectivity index (χ0v) is 16.4. The maximum absolute atomic E-state index is 11.1. The topological polar surface area (TPSA) is 77.8 Å². The summed E-state index contributed by atoms with van der Waals surface area (Å²) in [5, 5.41) is 30.4. The number of carboxylic acid groups (broad SMARTS) is 1. The Morgan fingerprint density at radius 3 is 2.38 bits per heavy atom. The molecule has 4 nitrogen and oxygen atoms in total. The lowest BCUT2D eigenvalue weighted by Gasteiger charge is -2.62. The molecule has 0 radical (unpaired) electrons. The summed E-state index contributed by atoms with van der Waals surface area (Å²) in [5.74, 6) is 1.76. The highest BCUT2D eigenvalue weighted by molar-refractivity contribution is 5.66. The fourth-order valence-electron chi connectivity index (χ4n) is 8.08. The van der Waals surface area contributed by atoms with Crippen molar-refractivity contribution in [1.82, 2.24) is 0 Å². The molecule has 0 bridgehead atoms. The molecule has 0 amide bonds. The normalized spacial score (nSPS) is 53.5. The summed E-state index contributed by atoms with van der Waals surface area (Å²) in [4.78, 5) is 11.1. The van der Waals surface area contributed by atoms with Crippen LogP contribution in [0.4, 0.5) is 0 Å². The molecule has 4 aliphatic carbocycles. The van der Waals surface area contributed by atoms with E-state index in [2.05, 4.69) is 13.8 Å². The number of carbonyl (C=O) groups is 1. The van der Waals surface area contributed by atoms with Gasteiger partial charge in [0.15, 0.2) is 0 Å². The molecule has 0 aromatic rings. The van der Waals surface area contributed by atoms with E-state index in [1.54, 1.807) is 0 Å². The highest BCUT2D eigenvalue weighted by atomic mass is 16.4. The maximum atomic E-state index is 11.1. The van der Waals surface area contributed by atoms with Gasteiger partial charge in [-0.15, -0.1) is 0 Å². The lowest BCUT2D eigenvalue weighted by molar-refractivity contribution is -0.173. The van der Waals surface area contributed by atoms with Crippen molar-refractivity contribution < 1.29 is 20.1 Å². The van der Waals surface area contributed by atoms with Crippen LogP contribution < -0.4 is 0 Å². The van der Waals surface area contributed by atoms with Gasteiger partial charge in [-0.25, -0.2) is 0 Å². The van der Waals surface area contributed by atoms with Crippen molar-refractivity contribution in [2.24, 2.45) is 40.4 Å². The van der Waals surface area contributed by atoms with Gasteiger partial charge in [0.05, 0.1) is 12.2 Å². The summed E-state index contributed by atoms with van der Waals surface area (Å²) in [6, 6.07) is 0. The van der Waals surface area contributed by atoms with Crippen LogP contribution in [0.15, 0.2) is 0 Å². The van der Waals surface area contributed by atoms with Gasteiger partial charge in [-0.3, -0.25) is 4.79 Å². The first-order chi connectivity index (χ1) is 12.3. The van der Waals surface area contributed by atoms with Gasteiger partial charge in [0.1, 0.15) is 0 Å². The molecule has 3 N–H and O–H groups in total. The van der Waals surface area contributed by atoms with Crippen LogP contribution in [0.3, 0.4) is 0 Å². The van der Waals surface area contributed by atoms with Crippen LogP contribution in [0.5, 0.6) is 0 Å². The fraction of sp³-hybridized carbons (Fsp3) is 0.955. The van der Waals surface area contributed by atoms with E-state index in [4.69, 9.17) is 5.11 Å². The third kappa shape index (κ3) is 2.74. The summed E-state index contributed by atoms with van der Waals surface area (Å²) in [5.41, 5.74) is 0.471. The van der Waals surface area contributed by atoms with Gasteiger partial charge in [-0.2, -0.15) is 0 Å². The molecule has 4 rings (SSSR count). The zero-order chi connectivity index (χ0) is 18.7. The van der Waals surface area contributed by atoms with Gasteiger partial charge in [0.25, 0.3) is 0 Å². The van der Waals surface area contributed by atoms with Crippen molar-refractivity contribution in [3.63, 3.8) is 0 Å². The second-order valence-corrected chi connectivity index (χ2v) is 10.5. The minimum absolute atomic E-state index is 0.183. The number of fused-ring (bicyclic) bond motifs is 5. The largest absolute Gasteiger partial charge is 0.481 e. The quantitative estimate of drug-likeness (QED) is 0.711. The van der Waals surface area contributed by atoms with E-state index in [-0.39, 0.29) is 29.5 Å². The molecule has 148 valence electrons. The molecule has 4 heteroatoms. The second-order valence-electron chi connectivity index (χ2n) is 10.5. The van der Waals surface area contributed by atoms with E-state index in [9.17, 15) is 15.0 Å². The van der Waals surface area contributed by atoms with Crippen molar-refractivity contribution in [3.05, 3.63) is 0 Å². The van der Waals surface area contributed by atoms with Crippen LogP contribution in [0.25, 0.3) is 0 Å². The average Bonchev–Trinajstić information content (AvgIpc) is 2.91.